The Morgan fingerprint density at radius 2 is 1.90 bits per heavy atom. The first-order valence-electron chi connectivity index (χ1n) is 9.81. The largest absolute Gasteiger partial charge is 0.495 e. The van der Waals surface area contributed by atoms with Gasteiger partial charge in [-0.05, 0) is 43.3 Å². The van der Waals surface area contributed by atoms with E-state index >= 15 is 0 Å². The molecule has 3 aromatic rings. The molecule has 1 heterocycles. The minimum absolute atomic E-state index is 0.0820. The van der Waals surface area contributed by atoms with Gasteiger partial charge in [0.15, 0.2) is 0 Å². The molecule has 9 heteroatoms. The van der Waals surface area contributed by atoms with E-state index < -0.39 is 0 Å². The zero-order valence-electron chi connectivity index (χ0n) is 18.3. The van der Waals surface area contributed by atoms with Crippen LogP contribution in [0.1, 0.15) is 23.1 Å². The van der Waals surface area contributed by atoms with Gasteiger partial charge in [-0.25, -0.2) is 9.78 Å². The number of aryl methyl sites for hydroxylation is 1. The van der Waals surface area contributed by atoms with Crippen molar-refractivity contribution in [3.63, 3.8) is 0 Å². The molecule has 1 aromatic heterocycles. The number of halogens is 1. The van der Waals surface area contributed by atoms with Crippen LogP contribution in [0.15, 0.2) is 36.4 Å². The number of hydrogen-bond acceptors (Lipinski definition) is 4. The summed E-state index contributed by atoms with van der Waals surface area (Å²) in [6, 6.07) is 10.2. The number of carbonyl (C=O) groups excluding carboxylic acids is 2. The highest BCUT2D eigenvalue weighted by atomic mass is 35.5. The van der Waals surface area contributed by atoms with Crippen LogP contribution in [-0.4, -0.2) is 59.5 Å². The first-order valence-corrected chi connectivity index (χ1v) is 10.2. The molecule has 164 valence electrons. The summed E-state index contributed by atoms with van der Waals surface area (Å²) in [4.78, 5) is 32.8. The molecule has 0 fully saturated rings. The van der Waals surface area contributed by atoms with E-state index in [0.717, 1.165) is 16.9 Å². The number of amides is 3. The van der Waals surface area contributed by atoms with Crippen LogP contribution in [0, 0.1) is 0 Å². The van der Waals surface area contributed by atoms with Crippen LogP contribution >= 0.6 is 11.6 Å². The Labute approximate surface area is 186 Å². The van der Waals surface area contributed by atoms with Crippen LogP contribution < -0.4 is 10.1 Å². The van der Waals surface area contributed by atoms with E-state index in [9.17, 15) is 9.59 Å². The van der Waals surface area contributed by atoms with Gasteiger partial charge >= 0.3 is 6.03 Å². The fourth-order valence-corrected chi connectivity index (χ4v) is 3.49. The standard InChI is InChI=1S/C22H26ClN5O3/c1-6-28-18-9-7-14(21(29)26(2)3)11-16(18)24-20(28)13-27(4)22(30)25-17-12-15(23)8-10-19(17)31-5/h7-12H,6,13H2,1-5H3,(H,25,30). The average molecular weight is 444 g/mol. The number of benzene rings is 2. The first kappa shape index (κ1) is 22.4. The maximum Gasteiger partial charge on any atom is 0.322 e. The van der Waals surface area contributed by atoms with Crippen molar-refractivity contribution >= 4 is 40.3 Å². The molecule has 0 atom stereocenters. The van der Waals surface area contributed by atoms with Gasteiger partial charge in [0, 0.05) is 38.3 Å². The smallest absolute Gasteiger partial charge is 0.322 e. The number of nitrogens with one attached hydrogen (secondary N) is 1. The summed E-state index contributed by atoms with van der Waals surface area (Å²) in [5.74, 6) is 1.16. The number of rotatable bonds is 6. The lowest BCUT2D eigenvalue weighted by molar-refractivity contribution is 0.0827. The molecule has 0 radical (unpaired) electrons. The van der Waals surface area contributed by atoms with Crippen LogP contribution in [0.5, 0.6) is 5.75 Å². The number of fused-ring (bicyclic) bond motifs is 1. The number of aromatic nitrogens is 2. The van der Waals surface area contributed by atoms with E-state index in [1.165, 1.54) is 16.9 Å². The highest BCUT2D eigenvalue weighted by molar-refractivity contribution is 6.31. The van der Waals surface area contributed by atoms with Crippen LogP contribution in [0.2, 0.25) is 5.02 Å². The van der Waals surface area contributed by atoms with Gasteiger partial charge in [0.2, 0.25) is 0 Å². The fraction of sp³-hybridized carbons (Fsp3) is 0.318. The third-order valence-electron chi connectivity index (χ3n) is 4.93. The van der Waals surface area contributed by atoms with Crippen molar-refractivity contribution in [2.75, 3.05) is 33.6 Å². The Bertz CT molecular complexity index is 1130. The van der Waals surface area contributed by atoms with Gasteiger partial charge in [-0.15, -0.1) is 0 Å². The van der Waals surface area contributed by atoms with E-state index in [2.05, 4.69) is 10.3 Å². The molecule has 0 saturated heterocycles. The molecule has 2 aromatic carbocycles. The van der Waals surface area contributed by atoms with E-state index in [-0.39, 0.29) is 18.5 Å². The zero-order chi connectivity index (χ0) is 22.7. The Morgan fingerprint density at radius 1 is 1.16 bits per heavy atom. The molecule has 0 aliphatic rings. The number of imidazole rings is 1. The number of anilines is 1. The molecule has 0 unspecified atom stereocenters. The van der Waals surface area contributed by atoms with Crippen molar-refractivity contribution in [1.82, 2.24) is 19.4 Å². The van der Waals surface area contributed by atoms with Gasteiger partial charge in [-0.2, -0.15) is 0 Å². The average Bonchev–Trinajstić information content (AvgIpc) is 3.09. The van der Waals surface area contributed by atoms with E-state index in [4.69, 9.17) is 16.3 Å². The molecular weight excluding hydrogens is 418 g/mol. The Balaban J connectivity index is 1.84. The van der Waals surface area contributed by atoms with Crippen LogP contribution in [0.4, 0.5) is 10.5 Å². The maximum atomic E-state index is 12.8. The summed E-state index contributed by atoms with van der Waals surface area (Å²) < 4.78 is 7.31. The molecule has 1 N–H and O–H groups in total. The second-order valence-corrected chi connectivity index (χ2v) is 7.74. The van der Waals surface area contributed by atoms with Crippen LogP contribution in [0.25, 0.3) is 11.0 Å². The third-order valence-corrected chi connectivity index (χ3v) is 5.16. The van der Waals surface area contributed by atoms with E-state index in [1.54, 1.807) is 51.5 Å². The topological polar surface area (TPSA) is 79.7 Å². The SMILES string of the molecule is CCn1c(CN(C)C(=O)Nc2cc(Cl)ccc2OC)nc2cc(C(=O)N(C)C)ccc21. The summed E-state index contributed by atoms with van der Waals surface area (Å²) in [7, 11) is 6.64. The Hall–Kier alpha value is -3.26. The minimum Gasteiger partial charge on any atom is -0.495 e. The van der Waals surface area contributed by atoms with Crippen LogP contribution in [0.3, 0.4) is 0 Å². The molecule has 3 rings (SSSR count). The molecule has 31 heavy (non-hydrogen) atoms. The first-order chi connectivity index (χ1) is 14.7. The lowest BCUT2D eigenvalue weighted by Gasteiger charge is -2.19. The minimum atomic E-state index is -0.321. The van der Waals surface area contributed by atoms with Crippen molar-refractivity contribution in [1.29, 1.82) is 0 Å². The van der Waals surface area contributed by atoms with E-state index in [1.807, 2.05) is 17.6 Å². The number of ether oxygens (including phenoxy) is 1. The molecule has 8 nitrogen and oxygen atoms in total. The van der Waals surface area contributed by atoms with Crippen molar-refractivity contribution in [3.05, 3.63) is 52.8 Å². The monoisotopic (exact) mass is 443 g/mol. The molecule has 0 bridgehead atoms. The summed E-state index contributed by atoms with van der Waals surface area (Å²) >= 11 is 6.05. The summed E-state index contributed by atoms with van der Waals surface area (Å²) in [6.45, 7) is 2.99. The van der Waals surface area contributed by atoms with Gasteiger partial charge in [0.1, 0.15) is 11.6 Å². The number of methoxy groups -OCH3 is 1. The quantitative estimate of drug-likeness (QED) is 0.622. The highest BCUT2D eigenvalue weighted by Crippen LogP contribution is 2.28. The summed E-state index contributed by atoms with van der Waals surface area (Å²) in [5.41, 5.74) is 2.69. The van der Waals surface area contributed by atoms with Crippen molar-refractivity contribution < 1.29 is 14.3 Å². The maximum absolute atomic E-state index is 12.8. The molecular formula is C22H26ClN5O3. The second-order valence-electron chi connectivity index (χ2n) is 7.31. The van der Waals surface area contributed by atoms with Crippen LogP contribution in [-0.2, 0) is 13.1 Å². The van der Waals surface area contributed by atoms with Gasteiger partial charge in [-0.1, -0.05) is 11.6 Å². The molecule has 0 aliphatic carbocycles. The highest BCUT2D eigenvalue weighted by Gasteiger charge is 2.18. The van der Waals surface area contributed by atoms with Crippen molar-refractivity contribution in [3.8, 4) is 5.75 Å². The summed E-state index contributed by atoms with van der Waals surface area (Å²) in [6.07, 6.45) is 0. The fourth-order valence-electron chi connectivity index (χ4n) is 3.32. The third kappa shape index (κ3) is 4.74. The predicted molar refractivity (Wildman–Crippen MR) is 122 cm³/mol. The number of hydrogen-bond donors (Lipinski definition) is 1. The Kier molecular flexibility index (Phi) is 6.70. The molecule has 0 spiro atoms. The lowest BCUT2D eigenvalue weighted by Crippen LogP contribution is -2.32. The van der Waals surface area contributed by atoms with E-state index in [0.29, 0.717) is 28.6 Å². The van der Waals surface area contributed by atoms with Crippen molar-refractivity contribution in [2.24, 2.45) is 0 Å². The number of carbonyl (C=O) groups is 2. The van der Waals surface area contributed by atoms with Gasteiger partial charge in [-0.3, -0.25) is 4.79 Å². The van der Waals surface area contributed by atoms with Crippen molar-refractivity contribution in [2.45, 2.75) is 20.0 Å². The molecule has 0 saturated carbocycles. The lowest BCUT2D eigenvalue weighted by atomic mass is 10.2. The molecule has 3 amide bonds. The number of urea groups is 1. The van der Waals surface area contributed by atoms with Gasteiger partial charge < -0.3 is 24.4 Å². The summed E-state index contributed by atoms with van der Waals surface area (Å²) in [5, 5.41) is 3.32. The Morgan fingerprint density at radius 3 is 2.55 bits per heavy atom. The predicted octanol–water partition coefficient (Wildman–Crippen LogP) is 4.08. The zero-order valence-corrected chi connectivity index (χ0v) is 19.0. The van der Waals surface area contributed by atoms with Gasteiger partial charge in [0.25, 0.3) is 5.91 Å². The van der Waals surface area contributed by atoms with Gasteiger partial charge in [0.05, 0.1) is 30.4 Å². The number of nitrogens with zero attached hydrogens (tertiary/aromatic N) is 4. The second kappa shape index (κ2) is 9.26. The molecule has 0 aliphatic heterocycles. The normalized spacial score (nSPS) is 10.8.